The van der Waals surface area contributed by atoms with Gasteiger partial charge < -0.3 is 14.0 Å². The Hall–Kier alpha value is -1.88. The van der Waals surface area contributed by atoms with Crippen LogP contribution in [0.25, 0.3) is 5.69 Å². The average molecular weight is 291 g/mol. The van der Waals surface area contributed by atoms with Crippen molar-refractivity contribution >= 4 is 12.6 Å². The van der Waals surface area contributed by atoms with Crippen molar-refractivity contribution in [2.24, 2.45) is 0 Å². The molecule has 0 atom stereocenters. The van der Waals surface area contributed by atoms with Crippen LogP contribution in [-0.4, -0.2) is 18.8 Å². The predicted octanol–water partition coefficient (Wildman–Crippen LogP) is 2.59. The van der Waals surface area contributed by atoms with Crippen molar-refractivity contribution in [1.82, 2.24) is 4.57 Å². The van der Waals surface area contributed by atoms with Crippen LogP contribution in [0, 0.1) is 6.92 Å². The zero-order chi connectivity index (χ0) is 14.7. The van der Waals surface area contributed by atoms with Gasteiger partial charge in [0.1, 0.15) is 11.5 Å². The Morgan fingerprint density at radius 2 is 1.95 bits per heavy atom. The van der Waals surface area contributed by atoms with Gasteiger partial charge in [-0.1, -0.05) is 0 Å². The highest BCUT2D eigenvalue weighted by molar-refractivity contribution is 7.79. The molecule has 0 bridgehead atoms. The van der Waals surface area contributed by atoms with Gasteiger partial charge in [0.2, 0.25) is 0 Å². The summed E-state index contributed by atoms with van der Waals surface area (Å²) in [6, 6.07) is 7.18. The largest absolute Gasteiger partial charge is 0.497 e. The number of nitrogens with zero attached hydrogens (tertiary/aromatic N) is 1. The molecule has 0 spiro atoms. The SMILES string of the molecule is COc1ccc(-n2cc(CS)c(=O)cc2C)c(OC)c1. The van der Waals surface area contributed by atoms with E-state index < -0.39 is 0 Å². The van der Waals surface area contributed by atoms with E-state index in [1.54, 1.807) is 26.5 Å². The van der Waals surface area contributed by atoms with Crippen LogP contribution in [0.1, 0.15) is 11.3 Å². The second kappa shape index (κ2) is 6.05. The van der Waals surface area contributed by atoms with Crippen LogP contribution in [-0.2, 0) is 5.75 Å². The molecule has 0 fully saturated rings. The zero-order valence-corrected chi connectivity index (χ0v) is 12.6. The van der Waals surface area contributed by atoms with Gasteiger partial charge in [0.15, 0.2) is 5.43 Å². The first-order valence-electron chi connectivity index (χ1n) is 6.16. The van der Waals surface area contributed by atoms with Crippen LogP contribution < -0.4 is 14.9 Å². The molecule has 0 aliphatic rings. The first kappa shape index (κ1) is 14.5. The van der Waals surface area contributed by atoms with Crippen LogP contribution in [0.3, 0.4) is 0 Å². The molecule has 1 heterocycles. The molecule has 0 aliphatic heterocycles. The van der Waals surface area contributed by atoms with Crippen LogP contribution in [0.2, 0.25) is 0 Å². The van der Waals surface area contributed by atoms with E-state index in [1.165, 1.54) is 0 Å². The van der Waals surface area contributed by atoms with Gasteiger partial charge in [-0.15, -0.1) is 0 Å². The standard InChI is InChI=1S/C15H17NO3S/c1-10-6-14(17)11(9-20)8-16(10)13-5-4-12(18-2)7-15(13)19-3/h4-8,20H,9H2,1-3H3. The number of pyridine rings is 1. The summed E-state index contributed by atoms with van der Waals surface area (Å²) in [5.41, 5.74) is 2.34. The van der Waals surface area contributed by atoms with E-state index in [9.17, 15) is 4.79 Å². The molecule has 4 nitrogen and oxygen atoms in total. The minimum Gasteiger partial charge on any atom is -0.497 e. The van der Waals surface area contributed by atoms with Crippen molar-refractivity contribution in [2.75, 3.05) is 14.2 Å². The fraction of sp³-hybridized carbons (Fsp3) is 0.267. The summed E-state index contributed by atoms with van der Waals surface area (Å²) in [7, 11) is 3.22. The monoisotopic (exact) mass is 291 g/mol. The number of methoxy groups -OCH3 is 2. The molecule has 0 amide bonds. The predicted molar refractivity (Wildman–Crippen MR) is 82.6 cm³/mol. The maximum absolute atomic E-state index is 11.8. The molecule has 106 valence electrons. The van der Waals surface area contributed by atoms with Crippen molar-refractivity contribution in [3.63, 3.8) is 0 Å². The number of aromatic nitrogens is 1. The molecule has 1 aromatic heterocycles. The number of benzene rings is 1. The molecule has 0 saturated heterocycles. The van der Waals surface area contributed by atoms with E-state index in [-0.39, 0.29) is 5.43 Å². The number of rotatable bonds is 4. The molecule has 2 rings (SSSR count). The van der Waals surface area contributed by atoms with Crippen molar-refractivity contribution < 1.29 is 9.47 Å². The van der Waals surface area contributed by atoms with E-state index in [0.717, 1.165) is 17.1 Å². The van der Waals surface area contributed by atoms with Crippen LogP contribution in [0.4, 0.5) is 0 Å². The third-order valence-corrected chi connectivity index (χ3v) is 3.48. The summed E-state index contributed by atoms with van der Waals surface area (Å²) >= 11 is 4.19. The van der Waals surface area contributed by atoms with Crippen LogP contribution in [0.5, 0.6) is 11.5 Å². The smallest absolute Gasteiger partial charge is 0.185 e. The quantitative estimate of drug-likeness (QED) is 0.880. The molecule has 0 unspecified atom stereocenters. The van der Waals surface area contributed by atoms with E-state index in [4.69, 9.17) is 9.47 Å². The molecular formula is C15H17NO3S. The minimum absolute atomic E-state index is 0.00114. The number of thiol groups is 1. The maximum atomic E-state index is 11.8. The lowest BCUT2D eigenvalue weighted by Crippen LogP contribution is -2.13. The molecule has 0 radical (unpaired) electrons. The molecule has 0 saturated carbocycles. The average Bonchev–Trinajstić information content (AvgIpc) is 2.47. The second-order valence-electron chi connectivity index (χ2n) is 4.37. The number of hydrogen-bond donors (Lipinski definition) is 1. The van der Waals surface area contributed by atoms with Crippen molar-refractivity contribution in [3.05, 3.63) is 51.9 Å². The molecular weight excluding hydrogens is 274 g/mol. The highest BCUT2D eigenvalue weighted by Crippen LogP contribution is 2.28. The molecule has 0 N–H and O–H groups in total. The van der Waals surface area contributed by atoms with Gasteiger partial charge in [-0.05, 0) is 19.1 Å². The van der Waals surface area contributed by atoms with Crippen molar-refractivity contribution in [2.45, 2.75) is 12.7 Å². The Bertz CT molecular complexity index is 679. The van der Waals surface area contributed by atoms with Gasteiger partial charge in [0, 0.05) is 35.3 Å². The summed E-state index contributed by atoms with van der Waals surface area (Å²) in [6.07, 6.45) is 1.80. The van der Waals surface area contributed by atoms with Crippen LogP contribution >= 0.6 is 12.6 Å². The fourth-order valence-electron chi connectivity index (χ4n) is 2.04. The highest BCUT2D eigenvalue weighted by atomic mass is 32.1. The fourth-order valence-corrected chi connectivity index (χ4v) is 2.27. The van der Waals surface area contributed by atoms with Crippen molar-refractivity contribution in [3.8, 4) is 17.2 Å². The lowest BCUT2D eigenvalue weighted by atomic mass is 10.2. The Kier molecular flexibility index (Phi) is 4.39. The minimum atomic E-state index is 0.00114. The Labute approximate surface area is 123 Å². The molecule has 1 aromatic carbocycles. The number of hydrogen-bond acceptors (Lipinski definition) is 4. The summed E-state index contributed by atoms with van der Waals surface area (Å²) in [5.74, 6) is 1.80. The Morgan fingerprint density at radius 3 is 2.55 bits per heavy atom. The molecule has 0 aliphatic carbocycles. The number of ether oxygens (including phenoxy) is 2. The van der Waals surface area contributed by atoms with E-state index in [2.05, 4.69) is 12.6 Å². The molecule has 2 aromatic rings. The maximum Gasteiger partial charge on any atom is 0.185 e. The van der Waals surface area contributed by atoms with Gasteiger partial charge in [-0.2, -0.15) is 12.6 Å². The molecule has 20 heavy (non-hydrogen) atoms. The third kappa shape index (κ3) is 2.67. The molecule has 5 heteroatoms. The second-order valence-corrected chi connectivity index (χ2v) is 4.69. The van der Waals surface area contributed by atoms with Gasteiger partial charge in [-0.25, -0.2) is 0 Å². The lowest BCUT2D eigenvalue weighted by Gasteiger charge is -2.16. The summed E-state index contributed by atoms with van der Waals surface area (Å²) in [6.45, 7) is 1.88. The van der Waals surface area contributed by atoms with Gasteiger partial charge in [0.25, 0.3) is 0 Å². The summed E-state index contributed by atoms with van der Waals surface area (Å²) < 4.78 is 12.5. The van der Waals surface area contributed by atoms with E-state index in [1.807, 2.05) is 29.7 Å². The summed E-state index contributed by atoms with van der Waals surface area (Å²) in [5, 5.41) is 0. The Morgan fingerprint density at radius 1 is 1.20 bits per heavy atom. The zero-order valence-electron chi connectivity index (χ0n) is 11.7. The number of aryl methyl sites for hydroxylation is 1. The third-order valence-electron chi connectivity index (χ3n) is 3.14. The normalized spacial score (nSPS) is 10.4. The van der Waals surface area contributed by atoms with Gasteiger partial charge in [0.05, 0.1) is 19.9 Å². The Balaban J connectivity index is 2.64. The van der Waals surface area contributed by atoms with E-state index >= 15 is 0 Å². The topological polar surface area (TPSA) is 40.5 Å². The van der Waals surface area contributed by atoms with Crippen molar-refractivity contribution in [1.29, 1.82) is 0 Å². The first-order chi connectivity index (χ1) is 9.60. The lowest BCUT2D eigenvalue weighted by molar-refractivity contribution is 0.393. The van der Waals surface area contributed by atoms with Crippen LogP contribution in [0.15, 0.2) is 35.3 Å². The first-order valence-corrected chi connectivity index (χ1v) is 6.79. The van der Waals surface area contributed by atoms with E-state index in [0.29, 0.717) is 17.1 Å². The van der Waals surface area contributed by atoms with Gasteiger partial charge in [-0.3, -0.25) is 4.79 Å². The highest BCUT2D eigenvalue weighted by Gasteiger charge is 2.10. The summed E-state index contributed by atoms with van der Waals surface area (Å²) in [4.78, 5) is 11.8. The van der Waals surface area contributed by atoms with Gasteiger partial charge >= 0.3 is 0 Å².